The van der Waals surface area contributed by atoms with Crippen LogP contribution in [0.25, 0.3) is 10.9 Å². The van der Waals surface area contributed by atoms with E-state index in [9.17, 15) is 9.59 Å². The standard InChI is InChI=1S/C22H28N2O3/c1-13-10-11-18-16(12-13)19(15-8-6-7-9-17(15)23-18)21(26)27-14(2)20(25)24-22(3,4)5/h10-12,14H,6-9H2,1-5H3,(H,24,25)/t14-/m1/s1. The Morgan fingerprint density at radius 2 is 1.89 bits per heavy atom. The number of hydrogen-bond acceptors (Lipinski definition) is 4. The molecule has 1 atom stereocenters. The molecule has 1 aliphatic rings. The second kappa shape index (κ2) is 7.29. The van der Waals surface area contributed by atoms with E-state index in [1.165, 1.54) is 0 Å². The molecule has 0 saturated heterocycles. The van der Waals surface area contributed by atoms with E-state index in [0.29, 0.717) is 5.56 Å². The normalized spacial score (nSPS) is 15.1. The summed E-state index contributed by atoms with van der Waals surface area (Å²) in [6.45, 7) is 9.30. The molecule has 1 aromatic carbocycles. The smallest absolute Gasteiger partial charge is 0.339 e. The van der Waals surface area contributed by atoms with Crippen molar-refractivity contribution in [2.24, 2.45) is 0 Å². The molecule has 0 saturated carbocycles. The quantitative estimate of drug-likeness (QED) is 0.835. The molecule has 0 fully saturated rings. The molecule has 2 aromatic rings. The van der Waals surface area contributed by atoms with Crippen LogP contribution >= 0.6 is 0 Å². The summed E-state index contributed by atoms with van der Waals surface area (Å²) in [6, 6.07) is 5.93. The van der Waals surface area contributed by atoms with Crippen LogP contribution in [0, 0.1) is 6.92 Å². The van der Waals surface area contributed by atoms with Gasteiger partial charge < -0.3 is 10.1 Å². The fourth-order valence-electron chi connectivity index (χ4n) is 3.52. The lowest BCUT2D eigenvalue weighted by Gasteiger charge is -2.24. The van der Waals surface area contributed by atoms with E-state index >= 15 is 0 Å². The SMILES string of the molecule is Cc1ccc2nc3c(c(C(=O)O[C@H](C)C(=O)NC(C)(C)C)c2c1)CCCC3. The third kappa shape index (κ3) is 4.29. The molecule has 5 nitrogen and oxygen atoms in total. The largest absolute Gasteiger partial charge is 0.449 e. The van der Waals surface area contributed by atoms with Crippen LogP contribution in [-0.2, 0) is 22.4 Å². The Hall–Kier alpha value is -2.43. The first-order valence-electron chi connectivity index (χ1n) is 9.61. The number of ether oxygens (including phenoxy) is 1. The fourth-order valence-corrected chi connectivity index (χ4v) is 3.52. The molecule has 1 N–H and O–H groups in total. The molecule has 1 heterocycles. The van der Waals surface area contributed by atoms with Crippen LogP contribution in [0.2, 0.25) is 0 Å². The third-order valence-electron chi connectivity index (χ3n) is 4.77. The zero-order valence-corrected chi connectivity index (χ0v) is 16.8. The van der Waals surface area contributed by atoms with E-state index in [4.69, 9.17) is 9.72 Å². The first-order valence-corrected chi connectivity index (χ1v) is 9.61. The first-order chi connectivity index (χ1) is 12.7. The topological polar surface area (TPSA) is 68.3 Å². The van der Waals surface area contributed by atoms with Crippen LogP contribution in [0.3, 0.4) is 0 Å². The Balaban J connectivity index is 1.98. The van der Waals surface area contributed by atoms with Gasteiger partial charge in [-0.25, -0.2) is 4.79 Å². The lowest BCUT2D eigenvalue weighted by molar-refractivity contribution is -0.130. The minimum absolute atomic E-state index is 0.292. The Labute approximate surface area is 160 Å². The molecule has 1 aliphatic carbocycles. The average molecular weight is 368 g/mol. The van der Waals surface area contributed by atoms with E-state index in [1.54, 1.807) is 6.92 Å². The number of rotatable bonds is 3. The number of hydrogen-bond donors (Lipinski definition) is 1. The molecule has 5 heteroatoms. The van der Waals surface area contributed by atoms with Gasteiger partial charge in [0.05, 0.1) is 11.1 Å². The fraction of sp³-hybridized carbons (Fsp3) is 0.500. The average Bonchev–Trinajstić information content (AvgIpc) is 2.58. The minimum atomic E-state index is -0.857. The number of aromatic nitrogens is 1. The summed E-state index contributed by atoms with van der Waals surface area (Å²) in [5, 5.41) is 3.67. The van der Waals surface area contributed by atoms with Crippen molar-refractivity contribution in [1.82, 2.24) is 10.3 Å². The van der Waals surface area contributed by atoms with Crippen molar-refractivity contribution < 1.29 is 14.3 Å². The molecule has 0 aliphatic heterocycles. The number of amides is 1. The second-order valence-electron chi connectivity index (χ2n) is 8.43. The van der Waals surface area contributed by atoms with Gasteiger partial charge in [0.1, 0.15) is 0 Å². The monoisotopic (exact) mass is 368 g/mol. The van der Waals surface area contributed by atoms with Gasteiger partial charge in [0.25, 0.3) is 5.91 Å². The van der Waals surface area contributed by atoms with Crippen LogP contribution in [-0.4, -0.2) is 28.5 Å². The summed E-state index contributed by atoms with van der Waals surface area (Å²) in [4.78, 5) is 30.2. The molecule has 3 rings (SSSR count). The molecule has 0 bridgehead atoms. The van der Waals surface area contributed by atoms with Gasteiger partial charge in [-0.1, -0.05) is 11.6 Å². The molecular formula is C22H28N2O3. The molecule has 1 aromatic heterocycles. The summed E-state index contributed by atoms with van der Waals surface area (Å²) in [7, 11) is 0. The van der Waals surface area contributed by atoms with Crippen molar-refractivity contribution in [3.63, 3.8) is 0 Å². The van der Waals surface area contributed by atoms with Gasteiger partial charge in [0.2, 0.25) is 0 Å². The predicted molar refractivity (Wildman–Crippen MR) is 106 cm³/mol. The number of carbonyl (C=O) groups excluding carboxylic acids is 2. The molecule has 0 unspecified atom stereocenters. The first kappa shape index (κ1) is 19.3. The van der Waals surface area contributed by atoms with Crippen LogP contribution in [0.1, 0.15) is 67.7 Å². The Morgan fingerprint density at radius 1 is 1.19 bits per heavy atom. The molecule has 1 amide bonds. The number of pyridine rings is 1. The van der Waals surface area contributed by atoms with Crippen molar-refractivity contribution in [2.45, 2.75) is 71.9 Å². The number of carbonyl (C=O) groups is 2. The van der Waals surface area contributed by atoms with Gasteiger partial charge in [-0.3, -0.25) is 9.78 Å². The van der Waals surface area contributed by atoms with Crippen LogP contribution in [0.5, 0.6) is 0 Å². The molecular weight excluding hydrogens is 340 g/mol. The van der Waals surface area contributed by atoms with Gasteiger partial charge in [0.15, 0.2) is 6.10 Å². The highest BCUT2D eigenvalue weighted by molar-refractivity contribution is 6.06. The number of nitrogens with one attached hydrogen (secondary N) is 1. The van der Waals surface area contributed by atoms with Gasteiger partial charge in [-0.2, -0.15) is 0 Å². The summed E-state index contributed by atoms with van der Waals surface area (Å²) >= 11 is 0. The second-order valence-corrected chi connectivity index (χ2v) is 8.43. The Kier molecular flexibility index (Phi) is 5.22. The zero-order valence-electron chi connectivity index (χ0n) is 16.8. The highest BCUT2D eigenvalue weighted by Gasteiger charge is 2.27. The van der Waals surface area contributed by atoms with E-state index in [1.807, 2.05) is 45.9 Å². The Bertz CT molecular complexity index is 897. The summed E-state index contributed by atoms with van der Waals surface area (Å²) in [5.41, 5.74) is 4.03. The van der Waals surface area contributed by atoms with Crippen LogP contribution in [0.15, 0.2) is 18.2 Å². The molecule has 27 heavy (non-hydrogen) atoms. The predicted octanol–water partition coefficient (Wildman–Crippen LogP) is 3.88. The highest BCUT2D eigenvalue weighted by Crippen LogP contribution is 2.30. The van der Waals surface area contributed by atoms with Gasteiger partial charge in [0, 0.05) is 16.6 Å². The number of fused-ring (bicyclic) bond motifs is 2. The van der Waals surface area contributed by atoms with Gasteiger partial charge in [-0.15, -0.1) is 0 Å². The molecule has 0 spiro atoms. The number of esters is 1. The lowest BCUT2D eigenvalue weighted by Crippen LogP contribution is -2.46. The maximum atomic E-state index is 13.1. The number of benzene rings is 1. The summed E-state index contributed by atoms with van der Waals surface area (Å²) < 4.78 is 5.58. The summed E-state index contributed by atoms with van der Waals surface area (Å²) in [6.07, 6.45) is 2.95. The van der Waals surface area contributed by atoms with E-state index in [-0.39, 0.29) is 11.4 Å². The molecule has 0 radical (unpaired) electrons. The number of nitrogens with zero attached hydrogens (tertiary/aromatic N) is 1. The third-order valence-corrected chi connectivity index (χ3v) is 4.77. The van der Waals surface area contributed by atoms with Gasteiger partial charge in [-0.05, 0) is 78.0 Å². The van der Waals surface area contributed by atoms with Crippen molar-refractivity contribution in [3.8, 4) is 0 Å². The van der Waals surface area contributed by atoms with E-state index in [0.717, 1.165) is 53.4 Å². The van der Waals surface area contributed by atoms with Crippen molar-refractivity contribution in [2.75, 3.05) is 0 Å². The zero-order chi connectivity index (χ0) is 19.8. The van der Waals surface area contributed by atoms with E-state index < -0.39 is 12.1 Å². The number of aryl methyl sites for hydroxylation is 2. The lowest BCUT2D eigenvalue weighted by atomic mass is 9.89. The van der Waals surface area contributed by atoms with Crippen molar-refractivity contribution in [3.05, 3.63) is 40.6 Å². The molecule has 144 valence electrons. The Morgan fingerprint density at radius 3 is 2.59 bits per heavy atom. The maximum absolute atomic E-state index is 13.1. The highest BCUT2D eigenvalue weighted by atomic mass is 16.5. The summed E-state index contributed by atoms with van der Waals surface area (Å²) in [5.74, 6) is -0.734. The van der Waals surface area contributed by atoms with Crippen molar-refractivity contribution >= 4 is 22.8 Å². The van der Waals surface area contributed by atoms with Crippen molar-refractivity contribution in [1.29, 1.82) is 0 Å². The van der Waals surface area contributed by atoms with Crippen LogP contribution < -0.4 is 5.32 Å². The van der Waals surface area contributed by atoms with E-state index in [2.05, 4.69) is 5.32 Å². The van der Waals surface area contributed by atoms with Gasteiger partial charge >= 0.3 is 5.97 Å². The maximum Gasteiger partial charge on any atom is 0.339 e. The minimum Gasteiger partial charge on any atom is -0.449 e. The van der Waals surface area contributed by atoms with Crippen LogP contribution in [0.4, 0.5) is 0 Å².